The summed E-state index contributed by atoms with van der Waals surface area (Å²) in [5.41, 5.74) is 5.47. The molecule has 0 spiro atoms. The van der Waals surface area contributed by atoms with E-state index in [4.69, 9.17) is 18.0 Å². The maximum absolute atomic E-state index is 12.1. The Hall–Kier alpha value is -0.200. The number of hydrogen-bond donors (Lipinski definition) is 1. The van der Waals surface area contributed by atoms with Crippen LogP contribution in [0.1, 0.15) is 26.7 Å². The van der Waals surface area contributed by atoms with Gasteiger partial charge in [-0.3, -0.25) is 0 Å². The summed E-state index contributed by atoms with van der Waals surface area (Å²) in [6.45, 7) is 4.51. The molecule has 1 fully saturated rings. The zero-order valence-corrected chi connectivity index (χ0v) is 11.6. The van der Waals surface area contributed by atoms with E-state index in [2.05, 4.69) is 6.92 Å². The second kappa shape index (κ2) is 4.98. The Balaban J connectivity index is 2.71. The van der Waals surface area contributed by atoms with E-state index in [1.54, 1.807) is 14.0 Å². The van der Waals surface area contributed by atoms with E-state index in [0.717, 1.165) is 6.42 Å². The van der Waals surface area contributed by atoms with Crippen LogP contribution in [0.25, 0.3) is 0 Å². The van der Waals surface area contributed by atoms with E-state index in [0.29, 0.717) is 24.8 Å². The van der Waals surface area contributed by atoms with Crippen LogP contribution in [-0.4, -0.2) is 36.6 Å². The average molecular weight is 264 g/mol. The van der Waals surface area contributed by atoms with E-state index >= 15 is 0 Å². The van der Waals surface area contributed by atoms with Gasteiger partial charge in [-0.2, -0.15) is 0 Å². The topological polar surface area (TPSA) is 63.4 Å². The zero-order valence-electron chi connectivity index (χ0n) is 10.0. The molecule has 1 saturated carbocycles. The van der Waals surface area contributed by atoms with Crippen molar-refractivity contribution >= 4 is 27.2 Å². The molecule has 0 aromatic heterocycles. The molecule has 1 aliphatic carbocycles. The average Bonchev–Trinajstić information content (AvgIpc) is 2.81. The minimum absolute atomic E-state index is 0.0678. The third-order valence-electron chi connectivity index (χ3n) is 3.25. The second-order valence-electron chi connectivity index (χ2n) is 4.60. The predicted octanol–water partition coefficient (Wildman–Crippen LogP) is 0.969. The van der Waals surface area contributed by atoms with Gasteiger partial charge in [0.15, 0.2) is 0 Å². The smallest absolute Gasteiger partial charge is 0.223 e. The van der Waals surface area contributed by atoms with E-state index in [1.165, 1.54) is 4.31 Å². The quantitative estimate of drug-likeness (QED) is 0.726. The van der Waals surface area contributed by atoms with Crippen molar-refractivity contribution < 1.29 is 8.42 Å². The zero-order chi connectivity index (χ0) is 12.5. The normalized spacial score (nSPS) is 26.8. The van der Waals surface area contributed by atoms with Gasteiger partial charge < -0.3 is 5.73 Å². The maximum Gasteiger partial charge on any atom is 0.223 e. The highest BCUT2D eigenvalue weighted by molar-refractivity contribution is 7.92. The first kappa shape index (κ1) is 13.9. The first-order chi connectivity index (χ1) is 7.30. The summed E-state index contributed by atoms with van der Waals surface area (Å²) >= 11 is 4.81. The summed E-state index contributed by atoms with van der Waals surface area (Å²) < 4.78 is 25.7. The van der Waals surface area contributed by atoms with Crippen molar-refractivity contribution in [1.82, 2.24) is 4.31 Å². The third kappa shape index (κ3) is 2.93. The summed E-state index contributed by atoms with van der Waals surface area (Å²) in [4.78, 5) is 0.0678. The van der Waals surface area contributed by atoms with Crippen molar-refractivity contribution in [1.29, 1.82) is 0 Å². The van der Waals surface area contributed by atoms with Crippen LogP contribution in [0.3, 0.4) is 0 Å². The molecule has 94 valence electrons. The van der Waals surface area contributed by atoms with Crippen LogP contribution in [0.4, 0.5) is 0 Å². The molecule has 0 radical (unpaired) electrons. The van der Waals surface area contributed by atoms with Crippen molar-refractivity contribution in [2.45, 2.75) is 31.9 Å². The van der Waals surface area contributed by atoms with Gasteiger partial charge in [-0.15, -0.1) is 0 Å². The van der Waals surface area contributed by atoms with E-state index in [-0.39, 0.29) is 4.99 Å². The molecule has 3 atom stereocenters. The van der Waals surface area contributed by atoms with Crippen molar-refractivity contribution in [3.05, 3.63) is 0 Å². The lowest BCUT2D eigenvalue weighted by molar-refractivity contribution is 0.440. The SMILES string of the molecule is CCC(C(N)=S)S(=O)(=O)N(C)CC1CC1C. The van der Waals surface area contributed by atoms with Crippen LogP contribution in [0.2, 0.25) is 0 Å². The molecule has 0 saturated heterocycles. The molecular weight excluding hydrogens is 244 g/mol. The van der Waals surface area contributed by atoms with Crippen LogP contribution >= 0.6 is 12.2 Å². The van der Waals surface area contributed by atoms with E-state index in [9.17, 15) is 8.42 Å². The Labute approximate surface area is 103 Å². The number of sulfonamides is 1. The highest BCUT2D eigenvalue weighted by atomic mass is 32.2. The van der Waals surface area contributed by atoms with Gasteiger partial charge in [0.1, 0.15) is 5.25 Å². The van der Waals surface area contributed by atoms with Gasteiger partial charge in [0.2, 0.25) is 10.0 Å². The fraction of sp³-hybridized carbons (Fsp3) is 0.900. The van der Waals surface area contributed by atoms with Gasteiger partial charge in [0.05, 0.1) is 4.99 Å². The summed E-state index contributed by atoms with van der Waals surface area (Å²) in [6.07, 6.45) is 1.55. The summed E-state index contributed by atoms with van der Waals surface area (Å²) in [6, 6.07) is 0. The molecule has 0 aliphatic heterocycles. The standard InChI is InChI=1S/C10H20N2O2S2/c1-4-9(10(11)15)16(13,14)12(3)6-8-5-7(8)2/h7-9H,4-6H2,1-3H3,(H2,11,15). The highest BCUT2D eigenvalue weighted by Crippen LogP contribution is 2.38. The lowest BCUT2D eigenvalue weighted by atomic mass is 10.3. The van der Waals surface area contributed by atoms with E-state index in [1.807, 2.05) is 0 Å². The van der Waals surface area contributed by atoms with Gasteiger partial charge in [-0.25, -0.2) is 12.7 Å². The van der Waals surface area contributed by atoms with Crippen LogP contribution in [0, 0.1) is 11.8 Å². The fourth-order valence-corrected chi connectivity index (χ4v) is 3.94. The summed E-state index contributed by atoms with van der Waals surface area (Å²) in [5, 5.41) is -0.721. The second-order valence-corrected chi connectivity index (χ2v) is 7.29. The molecule has 6 heteroatoms. The lowest BCUT2D eigenvalue weighted by Gasteiger charge is -2.22. The Bertz CT molecular complexity index is 367. The van der Waals surface area contributed by atoms with E-state index < -0.39 is 15.3 Å². The minimum atomic E-state index is -3.36. The largest absolute Gasteiger partial charge is 0.392 e. The maximum atomic E-state index is 12.1. The number of thiocarbonyl (C=S) groups is 1. The number of rotatable bonds is 6. The molecule has 0 amide bonds. The summed E-state index contributed by atoms with van der Waals surface area (Å²) in [7, 11) is -1.75. The van der Waals surface area contributed by atoms with Crippen molar-refractivity contribution in [3.63, 3.8) is 0 Å². The molecule has 2 N–H and O–H groups in total. The van der Waals surface area contributed by atoms with Crippen molar-refractivity contribution in [3.8, 4) is 0 Å². The molecule has 0 aromatic carbocycles. The minimum Gasteiger partial charge on any atom is -0.392 e. The Kier molecular flexibility index (Phi) is 4.31. The van der Waals surface area contributed by atoms with Crippen molar-refractivity contribution in [2.24, 2.45) is 17.6 Å². The first-order valence-corrected chi connectivity index (χ1v) is 7.46. The molecule has 0 heterocycles. The molecule has 16 heavy (non-hydrogen) atoms. The molecule has 0 aromatic rings. The van der Waals surface area contributed by atoms with Crippen LogP contribution in [0.5, 0.6) is 0 Å². The summed E-state index contributed by atoms with van der Waals surface area (Å²) in [5.74, 6) is 1.14. The van der Waals surface area contributed by atoms with Gasteiger partial charge in [0, 0.05) is 13.6 Å². The van der Waals surface area contributed by atoms with Gasteiger partial charge in [-0.1, -0.05) is 26.1 Å². The number of nitrogens with zero attached hydrogens (tertiary/aromatic N) is 1. The number of hydrogen-bond acceptors (Lipinski definition) is 3. The molecule has 1 rings (SSSR count). The van der Waals surface area contributed by atoms with Crippen LogP contribution < -0.4 is 5.73 Å². The number of nitrogens with two attached hydrogens (primary N) is 1. The van der Waals surface area contributed by atoms with Gasteiger partial charge >= 0.3 is 0 Å². The Morgan fingerprint density at radius 2 is 2.12 bits per heavy atom. The van der Waals surface area contributed by atoms with Crippen LogP contribution in [-0.2, 0) is 10.0 Å². The fourth-order valence-electron chi connectivity index (χ4n) is 1.86. The molecule has 4 nitrogen and oxygen atoms in total. The molecule has 0 bridgehead atoms. The first-order valence-electron chi connectivity index (χ1n) is 5.55. The molecule has 1 aliphatic rings. The van der Waals surface area contributed by atoms with Crippen molar-refractivity contribution in [2.75, 3.05) is 13.6 Å². The monoisotopic (exact) mass is 264 g/mol. The lowest BCUT2D eigenvalue weighted by Crippen LogP contribution is -2.43. The third-order valence-corrected chi connectivity index (χ3v) is 6.01. The van der Waals surface area contributed by atoms with Gasteiger partial charge in [0.25, 0.3) is 0 Å². The van der Waals surface area contributed by atoms with Gasteiger partial charge in [-0.05, 0) is 24.7 Å². The molecule has 3 unspecified atom stereocenters. The van der Waals surface area contributed by atoms with Crippen LogP contribution in [0.15, 0.2) is 0 Å². The predicted molar refractivity (Wildman–Crippen MR) is 69.7 cm³/mol. The highest BCUT2D eigenvalue weighted by Gasteiger charge is 2.38. The Morgan fingerprint density at radius 3 is 2.44 bits per heavy atom. The Morgan fingerprint density at radius 1 is 1.62 bits per heavy atom. The molecular formula is C10H20N2O2S2.